The van der Waals surface area contributed by atoms with Crippen LogP contribution < -0.4 is 14.4 Å². The summed E-state index contributed by atoms with van der Waals surface area (Å²) in [7, 11) is -2.15. The minimum atomic E-state index is -3.64. The van der Waals surface area contributed by atoms with Gasteiger partial charge in [0.15, 0.2) is 6.61 Å². The fourth-order valence-corrected chi connectivity index (χ4v) is 3.76. The lowest BCUT2D eigenvalue weighted by atomic mass is 10.3. The molecule has 0 aliphatic heterocycles. The van der Waals surface area contributed by atoms with E-state index in [1.165, 1.54) is 11.4 Å². The molecule has 7 nitrogen and oxygen atoms in total. The first kappa shape index (κ1) is 20.3. The zero-order chi connectivity index (χ0) is 20.7. The van der Waals surface area contributed by atoms with Gasteiger partial charge < -0.3 is 10.1 Å². The van der Waals surface area contributed by atoms with Crippen molar-refractivity contribution in [2.45, 2.75) is 11.4 Å². The van der Waals surface area contributed by atoms with Gasteiger partial charge in [-0.15, -0.1) is 0 Å². The van der Waals surface area contributed by atoms with Crippen LogP contribution in [0.15, 0.2) is 84.0 Å². The van der Waals surface area contributed by atoms with Gasteiger partial charge in [-0.3, -0.25) is 14.1 Å². The number of anilines is 1. The highest BCUT2D eigenvalue weighted by Gasteiger charge is 2.20. The van der Waals surface area contributed by atoms with Crippen LogP contribution in [0.3, 0.4) is 0 Å². The van der Waals surface area contributed by atoms with Crippen molar-refractivity contribution in [2.24, 2.45) is 0 Å². The molecule has 0 spiro atoms. The molecule has 3 aromatic rings. The summed E-state index contributed by atoms with van der Waals surface area (Å²) in [6.45, 7) is 0.258. The number of nitrogens with zero attached hydrogens (tertiary/aromatic N) is 2. The van der Waals surface area contributed by atoms with Crippen molar-refractivity contribution in [3.63, 3.8) is 0 Å². The van der Waals surface area contributed by atoms with E-state index in [1.54, 1.807) is 67.0 Å². The summed E-state index contributed by atoms with van der Waals surface area (Å²) in [5, 5.41) is 2.76. The molecule has 0 aliphatic rings. The Morgan fingerprint density at radius 3 is 2.31 bits per heavy atom. The molecule has 150 valence electrons. The van der Waals surface area contributed by atoms with Crippen LogP contribution >= 0.6 is 0 Å². The summed E-state index contributed by atoms with van der Waals surface area (Å²) in [5.41, 5.74) is 1.43. The zero-order valence-corrected chi connectivity index (χ0v) is 16.7. The van der Waals surface area contributed by atoms with Gasteiger partial charge in [-0.2, -0.15) is 0 Å². The first-order valence-corrected chi connectivity index (χ1v) is 10.3. The van der Waals surface area contributed by atoms with Gasteiger partial charge in [0.25, 0.3) is 15.9 Å². The van der Waals surface area contributed by atoms with Crippen LogP contribution in [0.2, 0.25) is 0 Å². The standard InChI is InChI=1S/C21H21N3O4S/c1-24(29(26,27)20-5-3-2-4-6-20)18-7-9-19(10-8-18)28-16-21(25)23-15-17-11-13-22-14-12-17/h2-14H,15-16H2,1H3,(H,23,25). The van der Waals surface area contributed by atoms with Gasteiger partial charge in [-0.1, -0.05) is 18.2 Å². The van der Waals surface area contributed by atoms with Gasteiger partial charge >= 0.3 is 0 Å². The Balaban J connectivity index is 1.55. The predicted octanol–water partition coefficient (Wildman–Crippen LogP) is 2.60. The molecular weight excluding hydrogens is 390 g/mol. The third-order valence-electron chi connectivity index (χ3n) is 4.21. The van der Waals surface area contributed by atoms with E-state index in [-0.39, 0.29) is 17.4 Å². The number of ether oxygens (including phenoxy) is 1. The number of hydrogen-bond acceptors (Lipinski definition) is 5. The Morgan fingerprint density at radius 1 is 1.00 bits per heavy atom. The molecule has 0 atom stereocenters. The second-order valence-electron chi connectivity index (χ2n) is 6.20. The number of amides is 1. The topological polar surface area (TPSA) is 88.6 Å². The van der Waals surface area contributed by atoms with Gasteiger partial charge in [-0.25, -0.2) is 8.42 Å². The summed E-state index contributed by atoms with van der Waals surface area (Å²) in [4.78, 5) is 16.1. The summed E-state index contributed by atoms with van der Waals surface area (Å²) >= 11 is 0. The molecule has 0 radical (unpaired) electrons. The molecule has 29 heavy (non-hydrogen) atoms. The highest BCUT2D eigenvalue weighted by atomic mass is 32.2. The first-order chi connectivity index (χ1) is 14.0. The molecule has 1 heterocycles. The minimum Gasteiger partial charge on any atom is -0.484 e. The first-order valence-electron chi connectivity index (χ1n) is 8.89. The van der Waals surface area contributed by atoms with Crippen LogP contribution in [-0.2, 0) is 21.4 Å². The zero-order valence-electron chi connectivity index (χ0n) is 15.9. The van der Waals surface area contributed by atoms with Crippen molar-refractivity contribution in [1.29, 1.82) is 0 Å². The van der Waals surface area contributed by atoms with Crippen molar-refractivity contribution in [3.8, 4) is 5.75 Å². The van der Waals surface area contributed by atoms with Gasteiger partial charge in [0.1, 0.15) is 5.75 Å². The Bertz CT molecular complexity index is 1040. The highest BCUT2D eigenvalue weighted by Crippen LogP contribution is 2.24. The molecule has 3 rings (SSSR count). The monoisotopic (exact) mass is 411 g/mol. The van der Waals surface area contributed by atoms with E-state index in [9.17, 15) is 13.2 Å². The van der Waals surface area contributed by atoms with Crippen LogP contribution in [0.25, 0.3) is 0 Å². The largest absolute Gasteiger partial charge is 0.484 e. The molecular formula is C21H21N3O4S. The molecule has 0 saturated carbocycles. The molecule has 1 amide bonds. The van der Waals surface area contributed by atoms with Crippen molar-refractivity contribution in [3.05, 3.63) is 84.7 Å². The number of carbonyl (C=O) groups is 1. The second-order valence-corrected chi connectivity index (χ2v) is 8.17. The predicted molar refractivity (Wildman–Crippen MR) is 110 cm³/mol. The summed E-state index contributed by atoms with van der Waals surface area (Å²) in [6, 6.07) is 18.4. The SMILES string of the molecule is CN(c1ccc(OCC(=O)NCc2ccncc2)cc1)S(=O)(=O)c1ccccc1. The van der Waals surface area contributed by atoms with Gasteiger partial charge in [0.05, 0.1) is 10.6 Å². The number of nitrogens with one attached hydrogen (secondary N) is 1. The molecule has 1 aromatic heterocycles. The molecule has 0 aliphatic carbocycles. The third-order valence-corrected chi connectivity index (χ3v) is 6.01. The number of pyridine rings is 1. The Labute approximate surface area is 170 Å². The van der Waals surface area contributed by atoms with Crippen LogP contribution in [0.4, 0.5) is 5.69 Å². The summed E-state index contributed by atoms with van der Waals surface area (Å²) in [5.74, 6) is 0.216. The average Bonchev–Trinajstić information content (AvgIpc) is 2.77. The lowest BCUT2D eigenvalue weighted by Crippen LogP contribution is -2.28. The maximum atomic E-state index is 12.7. The maximum absolute atomic E-state index is 12.7. The Kier molecular flexibility index (Phi) is 6.46. The number of aromatic nitrogens is 1. The number of carbonyl (C=O) groups excluding carboxylic acids is 1. The molecule has 0 fully saturated rings. The number of sulfonamides is 1. The van der Waals surface area contributed by atoms with Crippen molar-refractivity contribution in [1.82, 2.24) is 10.3 Å². The average molecular weight is 411 g/mol. The highest BCUT2D eigenvalue weighted by molar-refractivity contribution is 7.92. The van der Waals surface area contributed by atoms with Gasteiger partial charge in [-0.05, 0) is 54.1 Å². The molecule has 0 saturated heterocycles. The van der Waals surface area contributed by atoms with E-state index in [0.29, 0.717) is 18.0 Å². The Hall–Kier alpha value is -3.39. The number of hydrogen-bond donors (Lipinski definition) is 1. The molecule has 8 heteroatoms. The molecule has 2 aromatic carbocycles. The van der Waals surface area contributed by atoms with Crippen LogP contribution in [0.5, 0.6) is 5.75 Å². The maximum Gasteiger partial charge on any atom is 0.264 e. The molecule has 1 N–H and O–H groups in total. The van der Waals surface area contributed by atoms with Crippen molar-refractivity contribution in [2.75, 3.05) is 18.0 Å². The normalized spacial score (nSPS) is 10.9. The fourth-order valence-electron chi connectivity index (χ4n) is 2.54. The van der Waals surface area contributed by atoms with Crippen LogP contribution in [0.1, 0.15) is 5.56 Å². The van der Waals surface area contributed by atoms with Crippen LogP contribution in [0, 0.1) is 0 Å². The fraction of sp³-hybridized carbons (Fsp3) is 0.143. The van der Waals surface area contributed by atoms with E-state index in [2.05, 4.69) is 10.3 Å². The summed E-state index contributed by atoms with van der Waals surface area (Å²) < 4.78 is 32.0. The van der Waals surface area contributed by atoms with E-state index in [0.717, 1.165) is 5.56 Å². The van der Waals surface area contributed by atoms with E-state index in [1.807, 2.05) is 12.1 Å². The summed E-state index contributed by atoms with van der Waals surface area (Å²) in [6.07, 6.45) is 3.32. The van der Waals surface area contributed by atoms with E-state index < -0.39 is 10.0 Å². The van der Waals surface area contributed by atoms with Gasteiger partial charge in [0.2, 0.25) is 0 Å². The third kappa shape index (κ3) is 5.32. The molecule has 0 unspecified atom stereocenters. The van der Waals surface area contributed by atoms with Crippen molar-refractivity contribution >= 4 is 21.6 Å². The lowest BCUT2D eigenvalue weighted by Gasteiger charge is -2.19. The van der Waals surface area contributed by atoms with Crippen molar-refractivity contribution < 1.29 is 17.9 Å². The quantitative estimate of drug-likeness (QED) is 0.616. The smallest absolute Gasteiger partial charge is 0.264 e. The van der Waals surface area contributed by atoms with Gasteiger partial charge in [0, 0.05) is 26.0 Å². The Morgan fingerprint density at radius 2 is 1.66 bits per heavy atom. The van der Waals surface area contributed by atoms with E-state index >= 15 is 0 Å². The molecule has 0 bridgehead atoms. The van der Waals surface area contributed by atoms with Crippen LogP contribution in [-0.4, -0.2) is 33.0 Å². The second kappa shape index (κ2) is 9.20. The van der Waals surface area contributed by atoms with E-state index in [4.69, 9.17) is 4.74 Å². The number of rotatable bonds is 8. The minimum absolute atomic E-state index is 0.136. The number of benzene rings is 2. The lowest BCUT2D eigenvalue weighted by molar-refractivity contribution is -0.123.